The summed E-state index contributed by atoms with van der Waals surface area (Å²) in [6.07, 6.45) is 7.22. The van der Waals surface area contributed by atoms with Crippen LogP contribution in [0.2, 0.25) is 0 Å². The van der Waals surface area contributed by atoms with Crippen LogP contribution in [0.3, 0.4) is 0 Å². The Morgan fingerprint density at radius 1 is 1.05 bits per heavy atom. The Bertz CT molecular complexity index is 2040. The van der Waals surface area contributed by atoms with Gasteiger partial charge in [-0.25, -0.2) is 18.0 Å². The van der Waals surface area contributed by atoms with E-state index in [1.54, 1.807) is 31.7 Å². The third-order valence-electron chi connectivity index (χ3n) is 12.1. The lowest BCUT2D eigenvalue weighted by atomic mass is 9.83. The average molecular weight is 853 g/mol. The lowest BCUT2D eigenvalue weighted by Gasteiger charge is -2.35. The van der Waals surface area contributed by atoms with Crippen molar-refractivity contribution in [1.29, 1.82) is 0 Å². The number of alkyl carbamates (subject to hydrolysis) is 1. The first-order chi connectivity index (χ1) is 28.5. The molecule has 18 heteroatoms. The number of rotatable bonds is 8. The molecule has 1 saturated heterocycles. The summed E-state index contributed by atoms with van der Waals surface area (Å²) in [4.78, 5) is 86.9. The van der Waals surface area contributed by atoms with Gasteiger partial charge >= 0.3 is 12.2 Å². The maximum absolute atomic E-state index is 15.0. The van der Waals surface area contributed by atoms with Crippen LogP contribution >= 0.6 is 0 Å². The fraction of sp³-hybridized carbons (Fsp3) is 0.619. The van der Waals surface area contributed by atoms with Crippen LogP contribution in [-0.2, 0) is 56.5 Å². The number of carbonyl (C=O) groups is 6. The van der Waals surface area contributed by atoms with Gasteiger partial charge in [-0.1, -0.05) is 55.7 Å². The highest BCUT2D eigenvalue weighted by Gasteiger charge is 2.62. The highest BCUT2D eigenvalue weighted by Crippen LogP contribution is 2.45. The second kappa shape index (κ2) is 17.2. The zero-order valence-electron chi connectivity index (χ0n) is 34.4. The molecule has 3 aliphatic heterocycles. The van der Waals surface area contributed by atoms with Gasteiger partial charge in [0.1, 0.15) is 35.4 Å². The van der Waals surface area contributed by atoms with Gasteiger partial charge in [0.15, 0.2) is 0 Å². The molecule has 4 N–H and O–H groups in total. The van der Waals surface area contributed by atoms with Crippen molar-refractivity contribution in [2.24, 2.45) is 11.8 Å². The number of amides is 6. The molecule has 1 aromatic rings. The Hall–Kier alpha value is -4.97. The zero-order valence-corrected chi connectivity index (χ0v) is 35.2. The van der Waals surface area contributed by atoms with Crippen molar-refractivity contribution >= 4 is 51.9 Å². The molecular weight excluding hydrogens is 797 g/mol. The van der Waals surface area contributed by atoms with Gasteiger partial charge in [0.05, 0.1) is 31.6 Å². The van der Waals surface area contributed by atoms with Crippen LogP contribution in [-0.4, -0.2) is 114 Å². The van der Waals surface area contributed by atoms with E-state index in [9.17, 15) is 37.2 Å². The van der Waals surface area contributed by atoms with E-state index >= 15 is 0 Å². The quantitative estimate of drug-likeness (QED) is 0.279. The van der Waals surface area contributed by atoms with Crippen molar-refractivity contribution in [2.75, 3.05) is 19.8 Å². The zero-order chi connectivity index (χ0) is 43.0. The first-order valence-corrected chi connectivity index (χ1v) is 22.4. The fourth-order valence-corrected chi connectivity index (χ4v) is 10.1. The summed E-state index contributed by atoms with van der Waals surface area (Å²) in [5.41, 5.74) is 0.201. The van der Waals surface area contributed by atoms with Gasteiger partial charge in [0.2, 0.25) is 27.7 Å². The molecule has 3 heterocycles. The van der Waals surface area contributed by atoms with Gasteiger partial charge in [-0.3, -0.25) is 28.8 Å². The van der Waals surface area contributed by atoms with Gasteiger partial charge in [-0.15, -0.1) is 6.58 Å². The van der Waals surface area contributed by atoms with Crippen molar-refractivity contribution < 1.29 is 51.4 Å². The van der Waals surface area contributed by atoms with Crippen LogP contribution in [0.25, 0.3) is 6.08 Å². The number of hydrogen-bond acceptors (Lipinski definition) is 11. The minimum Gasteiger partial charge on any atom is -0.444 e. The van der Waals surface area contributed by atoms with Crippen molar-refractivity contribution in [3.05, 3.63) is 53.6 Å². The highest BCUT2D eigenvalue weighted by atomic mass is 32.2. The van der Waals surface area contributed by atoms with Crippen molar-refractivity contribution in [3.8, 4) is 0 Å². The van der Waals surface area contributed by atoms with E-state index in [0.29, 0.717) is 25.7 Å². The lowest BCUT2D eigenvalue weighted by Crippen LogP contribution is -2.61. The van der Waals surface area contributed by atoms with E-state index < -0.39 is 92.4 Å². The fourth-order valence-electron chi connectivity index (χ4n) is 8.69. The topological polar surface area (TPSA) is 219 Å². The minimum absolute atomic E-state index is 0.0746. The monoisotopic (exact) mass is 852 g/mol. The molecule has 0 aromatic heterocycles. The van der Waals surface area contributed by atoms with Gasteiger partial charge in [0, 0.05) is 18.9 Å². The average Bonchev–Trinajstić information content (AvgIpc) is 4.09. The Labute approximate surface area is 350 Å². The number of ether oxygens (including phenoxy) is 3. The molecule has 0 radical (unpaired) electrons. The van der Waals surface area contributed by atoms with Crippen molar-refractivity contribution in [3.63, 3.8) is 0 Å². The van der Waals surface area contributed by atoms with Gasteiger partial charge in [0.25, 0.3) is 5.91 Å². The van der Waals surface area contributed by atoms with E-state index in [1.165, 1.54) is 11.0 Å². The van der Waals surface area contributed by atoms with Crippen LogP contribution in [0.1, 0.15) is 95.2 Å². The molecule has 6 aliphatic rings. The van der Waals surface area contributed by atoms with Gasteiger partial charge in [-0.2, -0.15) is 0 Å². The summed E-state index contributed by atoms with van der Waals surface area (Å²) in [6.45, 7) is 9.00. The predicted octanol–water partition coefficient (Wildman–Crippen LogP) is 2.78. The molecule has 1 aromatic carbocycles. The molecule has 6 amide bonds. The van der Waals surface area contributed by atoms with Crippen molar-refractivity contribution in [2.45, 2.75) is 132 Å². The molecule has 0 unspecified atom stereocenters. The summed E-state index contributed by atoms with van der Waals surface area (Å²) in [5, 5.41) is 7.59. The van der Waals surface area contributed by atoms with Crippen LogP contribution in [0.4, 0.5) is 9.59 Å². The van der Waals surface area contributed by atoms with Crippen LogP contribution < -0.4 is 20.7 Å². The Morgan fingerprint density at radius 2 is 1.80 bits per heavy atom. The lowest BCUT2D eigenvalue weighted by molar-refractivity contribution is -0.144. The molecule has 7 rings (SSSR count). The molecule has 60 heavy (non-hydrogen) atoms. The number of benzene rings is 1. The normalized spacial score (nSPS) is 29.5. The molecule has 326 valence electrons. The molecule has 3 aliphatic carbocycles. The predicted molar refractivity (Wildman–Crippen MR) is 217 cm³/mol. The summed E-state index contributed by atoms with van der Waals surface area (Å²) in [5.74, 6) is -3.85. The van der Waals surface area contributed by atoms with Crippen molar-refractivity contribution in [1.82, 2.24) is 30.5 Å². The largest absolute Gasteiger partial charge is 0.444 e. The molecule has 4 fully saturated rings. The minimum atomic E-state index is -3.95. The number of fused-ring (bicyclic) bond motifs is 3. The highest BCUT2D eigenvalue weighted by molar-refractivity contribution is 7.91. The number of sulfonamides is 1. The second-order valence-electron chi connectivity index (χ2n) is 17.8. The number of nitrogens with one attached hydrogen (secondary N) is 4. The summed E-state index contributed by atoms with van der Waals surface area (Å²) in [6, 6.07) is 2.01. The maximum atomic E-state index is 15.0. The summed E-state index contributed by atoms with van der Waals surface area (Å²) >= 11 is 0. The smallest absolute Gasteiger partial charge is 0.410 e. The first kappa shape index (κ1) is 43.1. The Kier molecular flexibility index (Phi) is 12.4. The van der Waals surface area contributed by atoms with Gasteiger partial charge < -0.3 is 35.1 Å². The van der Waals surface area contributed by atoms with Gasteiger partial charge in [-0.05, 0) is 75.5 Å². The Morgan fingerprint density at radius 3 is 2.48 bits per heavy atom. The number of carbonyl (C=O) groups excluding carboxylic acids is 6. The standard InChI is InChI=1S/C42H56N6O11S/c1-5-28-20-42(28,38(52)46-60(55,56)30-16-17-30)45-36(50)33-19-29-22-48(33)37(51)34(26-11-7-6-8-12-26)44-35(49)32(43-39(53)59-41(2,3)4)24-57-18-10-15-25-13-9-14-27-21-47(23-31(25)27)40(54)58-29/h5,9-10,13-15,26,28-30,32-34H,1,6-8,11-12,16-24H2,2-4H3,(H,43,53)(H,44,49)(H,45,50)(H,46,52)/b15-10+/t28-,29-,32+,33+,34+,42-/m1/s1. The van der Waals surface area contributed by atoms with E-state index in [0.717, 1.165) is 36.0 Å². The third-order valence-corrected chi connectivity index (χ3v) is 13.9. The third kappa shape index (κ3) is 9.64. The molecule has 17 nitrogen and oxygen atoms in total. The second-order valence-corrected chi connectivity index (χ2v) is 19.8. The Balaban J connectivity index is 1.21. The van der Waals surface area contributed by atoms with E-state index in [-0.39, 0.29) is 51.6 Å². The van der Waals surface area contributed by atoms with E-state index in [2.05, 4.69) is 27.3 Å². The number of hydrogen-bond donors (Lipinski definition) is 4. The number of nitrogens with zero attached hydrogens (tertiary/aromatic N) is 2. The van der Waals surface area contributed by atoms with Crippen LogP contribution in [0.15, 0.2) is 36.9 Å². The van der Waals surface area contributed by atoms with Crippen LogP contribution in [0.5, 0.6) is 0 Å². The SMILES string of the molecule is C=C[C@@H]1C[C@]1(NC(=O)[C@@H]1C[C@@H]2CN1C(=O)[C@H](C1CCCCC1)NC(=O)[C@@H](NC(=O)OC(C)(C)C)COC/C=C/c1cccc3c1CN(C3)C(=O)O2)C(=O)NS(=O)(=O)C1CC1. The van der Waals surface area contributed by atoms with E-state index in [1.807, 2.05) is 24.3 Å². The first-order valence-electron chi connectivity index (χ1n) is 20.9. The summed E-state index contributed by atoms with van der Waals surface area (Å²) < 4.78 is 45.1. The molecule has 4 bridgehead atoms. The van der Waals surface area contributed by atoms with E-state index in [4.69, 9.17) is 14.2 Å². The molecule has 6 atom stereocenters. The summed E-state index contributed by atoms with van der Waals surface area (Å²) in [7, 11) is -3.95. The van der Waals surface area contributed by atoms with Crippen LogP contribution in [0, 0.1) is 11.8 Å². The maximum Gasteiger partial charge on any atom is 0.410 e. The molecular formula is C42H56N6O11S. The molecule has 0 spiro atoms. The molecule has 3 saturated carbocycles.